The van der Waals surface area contributed by atoms with Crippen LogP contribution in [0, 0.1) is 0 Å². The quantitative estimate of drug-likeness (QED) is 0.577. The van der Waals surface area contributed by atoms with E-state index in [0.29, 0.717) is 17.4 Å². The second kappa shape index (κ2) is 9.58. The van der Waals surface area contributed by atoms with Crippen LogP contribution in [0.3, 0.4) is 0 Å². The Morgan fingerprint density at radius 1 is 1.32 bits per heavy atom. The first-order valence-electron chi connectivity index (χ1n) is 7.84. The molecule has 1 aromatic carbocycles. The standard InChI is InChI=1S/C18H20N2O4S/c1-3-10-24-15-7-5-4-6-13(15)8-9-16(21)20-18-19-14(12-25-18)11-17(22)23-2/h4-9,12H,3,10-11H2,1-2H3,(H,19,20,21)/b9-8+. The maximum absolute atomic E-state index is 12.0. The lowest BCUT2D eigenvalue weighted by Gasteiger charge is -2.07. The molecule has 1 N–H and O–H groups in total. The summed E-state index contributed by atoms with van der Waals surface area (Å²) in [5.74, 6) is 0.0686. The van der Waals surface area contributed by atoms with Gasteiger partial charge < -0.3 is 9.47 Å². The van der Waals surface area contributed by atoms with Crippen molar-refractivity contribution in [3.8, 4) is 5.75 Å². The molecule has 1 amide bonds. The van der Waals surface area contributed by atoms with Gasteiger partial charge in [-0.3, -0.25) is 14.9 Å². The molecule has 0 aliphatic heterocycles. The van der Waals surface area contributed by atoms with E-state index in [-0.39, 0.29) is 18.3 Å². The summed E-state index contributed by atoms with van der Waals surface area (Å²) in [4.78, 5) is 27.4. The number of benzene rings is 1. The Balaban J connectivity index is 1.96. The molecular weight excluding hydrogens is 340 g/mol. The van der Waals surface area contributed by atoms with Crippen LogP contribution in [0.15, 0.2) is 35.7 Å². The smallest absolute Gasteiger partial charge is 0.311 e. The summed E-state index contributed by atoms with van der Waals surface area (Å²) in [6, 6.07) is 7.52. The molecule has 0 fully saturated rings. The van der Waals surface area contributed by atoms with Crippen molar-refractivity contribution in [2.24, 2.45) is 0 Å². The first kappa shape index (κ1) is 18.7. The second-order valence-corrected chi connectivity index (χ2v) is 5.96. The molecule has 132 valence electrons. The highest BCUT2D eigenvalue weighted by Crippen LogP contribution is 2.20. The van der Waals surface area contributed by atoms with E-state index in [4.69, 9.17) is 4.74 Å². The number of carbonyl (C=O) groups is 2. The van der Waals surface area contributed by atoms with Crippen molar-refractivity contribution in [2.75, 3.05) is 19.0 Å². The van der Waals surface area contributed by atoms with Gasteiger partial charge in [0.25, 0.3) is 0 Å². The largest absolute Gasteiger partial charge is 0.493 e. The van der Waals surface area contributed by atoms with Crippen molar-refractivity contribution in [1.82, 2.24) is 4.98 Å². The zero-order chi connectivity index (χ0) is 18.1. The molecule has 1 heterocycles. The van der Waals surface area contributed by atoms with E-state index in [2.05, 4.69) is 15.0 Å². The minimum atomic E-state index is -0.369. The highest BCUT2D eigenvalue weighted by molar-refractivity contribution is 7.14. The van der Waals surface area contributed by atoms with Crippen LogP contribution in [0.2, 0.25) is 0 Å². The highest BCUT2D eigenvalue weighted by atomic mass is 32.1. The van der Waals surface area contributed by atoms with Crippen LogP contribution in [-0.2, 0) is 20.7 Å². The van der Waals surface area contributed by atoms with Crippen LogP contribution in [0.4, 0.5) is 5.13 Å². The summed E-state index contributed by atoms with van der Waals surface area (Å²) < 4.78 is 10.2. The summed E-state index contributed by atoms with van der Waals surface area (Å²) >= 11 is 1.26. The SMILES string of the molecule is CCCOc1ccccc1/C=C/C(=O)Nc1nc(CC(=O)OC)cs1. The molecule has 0 aliphatic carbocycles. The van der Waals surface area contributed by atoms with Crippen molar-refractivity contribution in [3.05, 3.63) is 47.0 Å². The van der Waals surface area contributed by atoms with E-state index in [1.54, 1.807) is 11.5 Å². The Kier molecular flexibility index (Phi) is 7.16. The highest BCUT2D eigenvalue weighted by Gasteiger charge is 2.09. The van der Waals surface area contributed by atoms with Crippen molar-refractivity contribution in [1.29, 1.82) is 0 Å². The second-order valence-electron chi connectivity index (χ2n) is 5.11. The first-order chi connectivity index (χ1) is 12.1. The van der Waals surface area contributed by atoms with E-state index in [9.17, 15) is 9.59 Å². The van der Waals surface area contributed by atoms with Gasteiger partial charge in [-0.25, -0.2) is 4.98 Å². The van der Waals surface area contributed by atoms with E-state index in [0.717, 1.165) is 17.7 Å². The normalized spacial score (nSPS) is 10.6. The molecule has 7 heteroatoms. The number of amides is 1. The van der Waals surface area contributed by atoms with Gasteiger partial charge >= 0.3 is 5.97 Å². The van der Waals surface area contributed by atoms with Crippen molar-refractivity contribution in [2.45, 2.75) is 19.8 Å². The van der Waals surface area contributed by atoms with Gasteiger partial charge in [-0.1, -0.05) is 25.1 Å². The molecule has 0 atom stereocenters. The number of thiazole rings is 1. The van der Waals surface area contributed by atoms with Crippen LogP contribution in [0.25, 0.3) is 6.08 Å². The maximum atomic E-state index is 12.0. The molecule has 6 nitrogen and oxygen atoms in total. The molecule has 0 spiro atoms. The summed E-state index contributed by atoms with van der Waals surface area (Å²) in [6.45, 7) is 2.66. The number of nitrogens with one attached hydrogen (secondary N) is 1. The fourth-order valence-electron chi connectivity index (χ4n) is 1.94. The first-order valence-corrected chi connectivity index (χ1v) is 8.72. The van der Waals surface area contributed by atoms with Crippen LogP contribution in [-0.4, -0.2) is 30.6 Å². The molecule has 25 heavy (non-hydrogen) atoms. The number of esters is 1. The predicted octanol–water partition coefficient (Wildman–Crippen LogP) is 3.30. The van der Waals surface area contributed by atoms with Gasteiger partial charge in [0.15, 0.2) is 5.13 Å². The van der Waals surface area contributed by atoms with E-state index in [1.807, 2.05) is 31.2 Å². The lowest BCUT2D eigenvalue weighted by molar-refractivity contribution is -0.139. The number of methoxy groups -OCH3 is 1. The fraction of sp³-hybridized carbons (Fsp3) is 0.278. The topological polar surface area (TPSA) is 77.5 Å². The number of anilines is 1. The summed E-state index contributed by atoms with van der Waals surface area (Å²) in [6.07, 6.45) is 4.12. The van der Waals surface area contributed by atoms with Gasteiger partial charge in [0, 0.05) is 17.0 Å². The van der Waals surface area contributed by atoms with Crippen LogP contribution < -0.4 is 10.1 Å². The molecule has 1 aromatic heterocycles. The van der Waals surface area contributed by atoms with Crippen molar-refractivity contribution < 1.29 is 19.1 Å². The van der Waals surface area contributed by atoms with E-state index < -0.39 is 0 Å². The lowest BCUT2D eigenvalue weighted by Crippen LogP contribution is -2.08. The number of aromatic nitrogens is 1. The fourth-order valence-corrected chi connectivity index (χ4v) is 2.65. The Labute approximate surface area is 150 Å². The third-order valence-electron chi connectivity index (χ3n) is 3.13. The Bertz CT molecular complexity index is 755. The number of hydrogen-bond donors (Lipinski definition) is 1. The maximum Gasteiger partial charge on any atom is 0.311 e. The van der Waals surface area contributed by atoms with Gasteiger partial charge in [-0.2, -0.15) is 0 Å². The van der Waals surface area contributed by atoms with Crippen molar-refractivity contribution >= 4 is 34.4 Å². The summed E-state index contributed by atoms with van der Waals surface area (Å²) in [5.41, 5.74) is 1.39. The number of ether oxygens (including phenoxy) is 2. The summed E-state index contributed by atoms with van der Waals surface area (Å²) in [5, 5.41) is 4.82. The molecule has 0 bridgehead atoms. The third kappa shape index (κ3) is 6.04. The third-order valence-corrected chi connectivity index (χ3v) is 3.94. The average molecular weight is 360 g/mol. The molecule has 2 rings (SSSR count). The minimum Gasteiger partial charge on any atom is -0.493 e. The van der Waals surface area contributed by atoms with Gasteiger partial charge in [0.05, 0.1) is 25.8 Å². The van der Waals surface area contributed by atoms with E-state index >= 15 is 0 Å². The Morgan fingerprint density at radius 2 is 2.12 bits per heavy atom. The van der Waals surface area contributed by atoms with Crippen LogP contribution >= 0.6 is 11.3 Å². The van der Waals surface area contributed by atoms with Crippen LogP contribution in [0.1, 0.15) is 24.6 Å². The van der Waals surface area contributed by atoms with Gasteiger partial charge in [-0.15, -0.1) is 11.3 Å². The zero-order valence-corrected chi connectivity index (χ0v) is 15.0. The number of para-hydroxylation sites is 1. The molecule has 0 aliphatic rings. The van der Waals surface area contributed by atoms with Crippen molar-refractivity contribution in [3.63, 3.8) is 0 Å². The van der Waals surface area contributed by atoms with Gasteiger partial charge in [-0.05, 0) is 18.6 Å². The lowest BCUT2D eigenvalue weighted by atomic mass is 10.2. The van der Waals surface area contributed by atoms with E-state index in [1.165, 1.54) is 24.5 Å². The molecule has 0 radical (unpaired) electrons. The molecular formula is C18H20N2O4S. The minimum absolute atomic E-state index is 0.0842. The molecule has 0 saturated heterocycles. The molecule has 0 saturated carbocycles. The monoisotopic (exact) mass is 360 g/mol. The zero-order valence-electron chi connectivity index (χ0n) is 14.2. The number of nitrogens with zero attached hydrogens (tertiary/aromatic N) is 1. The van der Waals surface area contributed by atoms with Gasteiger partial charge in [0.2, 0.25) is 5.91 Å². The summed E-state index contributed by atoms with van der Waals surface area (Å²) in [7, 11) is 1.32. The number of hydrogen-bond acceptors (Lipinski definition) is 6. The number of carbonyl (C=O) groups excluding carboxylic acids is 2. The Morgan fingerprint density at radius 3 is 2.88 bits per heavy atom. The average Bonchev–Trinajstić information content (AvgIpc) is 3.05. The molecule has 0 unspecified atom stereocenters. The molecule has 2 aromatic rings. The van der Waals surface area contributed by atoms with Gasteiger partial charge in [0.1, 0.15) is 5.75 Å². The predicted molar refractivity (Wildman–Crippen MR) is 97.7 cm³/mol. The van der Waals surface area contributed by atoms with Crippen LogP contribution in [0.5, 0.6) is 5.75 Å². The number of rotatable bonds is 8. The Hall–Kier alpha value is -2.67.